The number of carboxylic acids is 2. The summed E-state index contributed by atoms with van der Waals surface area (Å²) in [6.07, 6.45) is -1.02. The van der Waals surface area contributed by atoms with Gasteiger partial charge in [-0.2, -0.15) is 0 Å². The van der Waals surface area contributed by atoms with Crippen LogP contribution in [0.25, 0.3) is 22.3 Å². The van der Waals surface area contributed by atoms with Crippen molar-refractivity contribution in [1.29, 1.82) is 0 Å². The van der Waals surface area contributed by atoms with Crippen molar-refractivity contribution in [3.8, 4) is 22.3 Å². The summed E-state index contributed by atoms with van der Waals surface area (Å²) < 4.78 is 0. The number of rotatable bonds is 14. The van der Waals surface area contributed by atoms with Crippen molar-refractivity contribution in [2.45, 2.75) is 44.2 Å². The van der Waals surface area contributed by atoms with E-state index in [1.165, 1.54) is 0 Å². The Hall–Kier alpha value is -4.99. The molecule has 6 N–H and O–H groups in total. The zero-order chi connectivity index (χ0) is 29.1. The molecule has 3 aromatic rings. The minimum absolute atomic E-state index is 0.0242. The van der Waals surface area contributed by atoms with Crippen molar-refractivity contribution >= 4 is 29.7 Å². The first-order chi connectivity index (χ1) is 19.1. The highest BCUT2D eigenvalue weighted by atomic mass is 16.4. The van der Waals surface area contributed by atoms with Gasteiger partial charge in [0.05, 0.1) is 6.42 Å². The molecule has 0 bridgehead atoms. The van der Waals surface area contributed by atoms with E-state index in [1.807, 2.05) is 54.6 Å². The molecule has 2 atom stereocenters. The maximum atomic E-state index is 12.6. The molecular weight excluding hydrogens is 514 g/mol. The first-order valence-corrected chi connectivity index (χ1v) is 12.7. The third-order valence-electron chi connectivity index (χ3n) is 6.26. The number of carbonyl (C=O) groups is 5. The SMILES string of the molecule is NC(=O)C(CC(=O)O)NC(=O)C(CCC(=O)O)NC(=O)CCc1ccc(-c2ccc(-c3ccccc3)cc2)cc1. The molecule has 0 aliphatic heterocycles. The lowest BCUT2D eigenvalue weighted by molar-refractivity contribution is -0.140. The number of hydrogen-bond donors (Lipinski definition) is 5. The molecule has 0 saturated carbocycles. The molecular formula is C30H31N3O7. The van der Waals surface area contributed by atoms with E-state index < -0.39 is 54.6 Å². The Bertz CT molecular complexity index is 1340. The monoisotopic (exact) mass is 545 g/mol. The number of nitrogens with two attached hydrogens (primary N) is 1. The second-order valence-corrected chi connectivity index (χ2v) is 9.25. The molecule has 0 heterocycles. The standard InChI is InChI=1S/C30H31N3O7/c31-29(39)25(18-28(37)38)33-30(40)24(15-17-27(35)36)32-26(34)16-8-19-6-9-21(10-7-19)23-13-11-22(12-14-23)20-4-2-1-3-5-20/h1-7,9-14,24-25H,8,15-18H2,(H2,31,39)(H,32,34)(H,33,40)(H,35,36)(H,37,38). The Labute approximate surface area is 231 Å². The summed E-state index contributed by atoms with van der Waals surface area (Å²) in [5.41, 5.74) is 10.4. The predicted molar refractivity (Wildman–Crippen MR) is 148 cm³/mol. The van der Waals surface area contributed by atoms with Gasteiger partial charge in [-0.1, -0.05) is 78.9 Å². The van der Waals surface area contributed by atoms with Crippen LogP contribution in [0.1, 0.15) is 31.2 Å². The van der Waals surface area contributed by atoms with Gasteiger partial charge >= 0.3 is 11.9 Å². The molecule has 0 radical (unpaired) electrons. The first kappa shape index (κ1) is 29.6. The number of benzene rings is 3. The summed E-state index contributed by atoms with van der Waals surface area (Å²) in [5.74, 6) is -4.99. The fraction of sp³-hybridized carbons (Fsp3) is 0.233. The number of carbonyl (C=O) groups excluding carboxylic acids is 3. The Morgan fingerprint density at radius 2 is 1.18 bits per heavy atom. The normalized spacial score (nSPS) is 12.1. The third kappa shape index (κ3) is 9.09. The first-order valence-electron chi connectivity index (χ1n) is 12.7. The largest absolute Gasteiger partial charge is 0.481 e. The van der Waals surface area contributed by atoms with Gasteiger partial charge in [-0.3, -0.25) is 24.0 Å². The number of hydrogen-bond acceptors (Lipinski definition) is 5. The van der Waals surface area contributed by atoms with Gasteiger partial charge in [0.1, 0.15) is 12.1 Å². The summed E-state index contributed by atoms with van der Waals surface area (Å²) in [5, 5.41) is 22.6. The molecule has 0 fully saturated rings. The van der Waals surface area contributed by atoms with Crippen LogP contribution in [0.5, 0.6) is 0 Å². The van der Waals surface area contributed by atoms with Crippen LogP contribution in [0.15, 0.2) is 78.9 Å². The highest BCUT2D eigenvalue weighted by Gasteiger charge is 2.27. The van der Waals surface area contributed by atoms with Crippen molar-refractivity contribution < 1.29 is 34.2 Å². The molecule has 3 rings (SSSR count). The van der Waals surface area contributed by atoms with E-state index in [-0.39, 0.29) is 12.8 Å². The van der Waals surface area contributed by atoms with E-state index >= 15 is 0 Å². The molecule has 10 heteroatoms. The lowest BCUT2D eigenvalue weighted by Gasteiger charge is -2.21. The van der Waals surface area contributed by atoms with Gasteiger partial charge in [-0.25, -0.2) is 0 Å². The number of carboxylic acid groups (broad SMARTS) is 2. The molecule has 2 unspecified atom stereocenters. The molecule has 10 nitrogen and oxygen atoms in total. The van der Waals surface area contributed by atoms with Crippen LogP contribution < -0.4 is 16.4 Å². The van der Waals surface area contributed by atoms with E-state index in [9.17, 15) is 24.0 Å². The van der Waals surface area contributed by atoms with Crippen molar-refractivity contribution in [2.24, 2.45) is 5.73 Å². The number of aliphatic carboxylic acids is 2. The molecule has 3 aromatic carbocycles. The average Bonchev–Trinajstić information content (AvgIpc) is 2.94. The Balaban J connectivity index is 1.58. The summed E-state index contributed by atoms with van der Waals surface area (Å²) in [4.78, 5) is 58.6. The molecule has 40 heavy (non-hydrogen) atoms. The summed E-state index contributed by atoms with van der Waals surface area (Å²) in [6.45, 7) is 0. The maximum Gasteiger partial charge on any atom is 0.305 e. The number of nitrogens with one attached hydrogen (secondary N) is 2. The Morgan fingerprint density at radius 1 is 0.650 bits per heavy atom. The van der Waals surface area contributed by atoms with Crippen molar-refractivity contribution in [3.63, 3.8) is 0 Å². The minimum atomic E-state index is -1.50. The number of amides is 3. The number of aryl methyl sites for hydroxylation is 1. The van der Waals surface area contributed by atoms with Gasteiger partial charge in [0, 0.05) is 12.8 Å². The zero-order valence-corrected chi connectivity index (χ0v) is 21.7. The highest BCUT2D eigenvalue weighted by Crippen LogP contribution is 2.25. The summed E-state index contributed by atoms with van der Waals surface area (Å²) in [7, 11) is 0. The summed E-state index contributed by atoms with van der Waals surface area (Å²) in [6, 6.07) is 23.3. The van der Waals surface area contributed by atoms with E-state index in [1.54, 1.807) is 0 Å². The lowest BCUT2D eigenvalue weighted by Crippen LogP contribution is -2.53. The average molecular weight is 546 g/mol. The van der Waals surface area contributed by atoms with Gasteiger partial charge in [-0.15, -0.1) is 0 Å². The smallest absolute Gasteiger partial charge is 0.305 e. The highest BCUT2D eigenvalue weighted by molar-refractivity contribution is 5.93. The second-order valence-electron chi connectivity index (χ2n) is 9.25. The van der Waals surface area contributed by atoms with Crippen LogP contribution >= 0.6 is 0 Å². The van der Waals surface area contributed by atoms with Crippen LogP contribution in [0.2, 0.25) is 0 Å². The molecule has 0 spiro atoms. The van der Waals surface area contributed by atoms with Crippen LogP contribution in [0, 0.1) is 0 Å². The van der Waals surface area contributed by atoms with Gasteiger partial charge in [0.2, 0.25) is 17.7 Å². The fourth-order valence-corrected chi connectivity index (χ4v) is 4.08. The van der Waals surface area contributed by atoms with E-state index in [0.29, 0.717) is 6.42 Å². The number of primary amides is 1. The molecule has 0 aliphatic rings. The Kier molecular flexibility index (Phi) is 10.5. The molecule has 0 saturated heterocycles. The lowest BCUT2D eigenvalue weighted by atomic mass is 9.99. The molecule has 208 valence electrons. The zero-order valence-electron chi connectivity index (χ0n) is 21.7. The van der Waals surface area contributed by atoms with Crippen LogP contribution in [-0.4, -0.2) is 52.0 Å². The van der Waals surface area contributed by atoms with Crippen LogP contribution in [-0.2, 0) is 30.4 Å². The quantitative estimate of drug-likeness (QED) is 0.207. The topological polar surface area (TPSA) is 176 Å². The third-order valence-corrected chi connectivity index (χ3v) is 6.26. The minimum Gasteiger partial charge on any atom is -0.481 e. The molecule has 0 aromatic heterocycles. The maximum absolute atomic E-state index is 12.6. The summed E-state index contributed by atoms with van der Waals surface area (Å²) >= 11 is 0. The van der Waals surface area contributed by atoms with Crippen molar-refractivity contribution in [2.75, 3.05) is 0 Å². The molecule has 3 amide bonds. The van der Waals surface area contributed by atoms with Gasteiger partial charge in [0.15, 0.2) is 0 Å². The van der Waals surface area contributed by atoms with Gasteiger partial charge in [-0.05, 0) is 40.7 Å². The van der Waals surface area contributed by atoms with E-state index in [4.69, 9.17) is 15.9 Å². The van der Waals surface area contributed by atoms with E-state index in [0.717, 1.165) is 27.8 Å². The van der Waals surface area contributed by atoms with E-state index in [2.05, 4.69) is 34.9 Å². The van der Waals surface area contributed by atoms with Crippen LogP contribution in [0.3, 0.4) is 0 Å². The fourth-order valence-electron chi connectivity index (χ4n) is 4.08. The van der Waals surface area contributed by atoms with Crippen molar-refractivity contribution in [3.05, 3.63) is 84.4 Å². The Morgan fingerprint density at radius 3 is 1.68 bits per heavy atom. The molecule has 0 aliphatic carbocycles. The predicted octanol–water partition coefficient (Wildman–Crippen LogP) is 2.75. The van der Waals surface area contributed by atoms with Crippen LogP contribution in [0.4, 0.5) is 0 Å². The van der Waals surface area contributed by atoms with Crippen molar-refractivity contribution in [1.82, 2.24) is 10.6 Å². The van der Waals surface area contributed by atoms with Gasteiger partial charge < -0.3 is 26.6 Å². The van der Waals surface area contributed by atoms with Gasteiger partial charge in [0.25, 0.3) is 0 Å². The second kappa shape index (κ2) is 14.2.